The van der Waals surface area contributed by atoms with E-state index in [1.165, 1.54) is 0 Å². The van der Waals surface area contributed by atoms with Gasteiger partial charge in [0.15, 0.2) is 4.96 Å². The molecule has 0 unspecified atom stereocenters. The first-order valence-electron chi connectivity index (χ1n) is 5.34. The van der Waals surface area contributed by atoms with E-state index in [2.05, 4.69) is 4.98 Å². The van der Waals surface area contributed by atoms with Crippen molar-refractivity contribution < 1.29 is 14.3 Å². The zero-order valence-electron chi connectivity index (χ0n) is 9.80. The molecule has 3 heterocycles. The zero-order chi connectivity index (χ0) is 12.9. The Morgan fingerprint density at radius 3 is 2.78 bits per heavy atom. The average Bonchev–Trinajstić information content (AvgIpc) is 2.89. The largest absolute Gasteiger partial charge is 0.477 e. The summed E-state index contributed by atoms with van der Waals surface area (Å²) in [5.74, 6) is 0.726. The van der Waals surface area contributed by atoms with Gasteiger partial charge in [0.2, 0.25) is 0 Å². The molecule has 0 amide bonds. The number of nitrogens with zero attached hydrogens (tertiary/aromatic N) is 2. The van der Waals surface area contributed by atoms with Crippen LogP contribution < -0.4 is 0 Å². The smallest absolute Gasteiger partial charge is 0.347 e. The minimum atomic E-state index is -0.928. The number of thiazole rings is 1. The molecule has 0 aliphatic heterocycles. The number of carboxylic acid groups (broad SMARTS) is 1. The summed E-state index contributed by atoms with van der Waals surface area (Å²) in [5, 5.41) is 8.89. The van der Waals surface area contributed by atoms with Crippen molar-refractivity contribution in [1.82, 2.24) is 9.38 Å². The first kappa shape index (κ1) is 11.0. The number of hydrogen-bond donors (Lipinski definition) is 1. The molecule has 0 aromatic carbocycles. The van der Waals surface area contributed by atoms with Crippen molar-refractivity contribution in [1.29, 1.82) is 0 Å². The summed E-state index contributed by atoms with van der Waals surface area (Å²) in [6.45, 7) is 3.77. The Balaban J connectivity index is 2.12. The van der Waals surface area contributed by atoms with E-state index < -0.39 is 5.97 Å². The summed E-state index contributed by atoms with van der Waals surface area (Å²) in [5.41, 5.74) is 1.74. The SMILES string of the molecule is Cc1cc(-c2cn3cc(C(=O)O)sc3n2)c(C)o1. The van der Waals surface area contributed by atoms with Crippen molar-refractivity contribution in [3.63, 3.8) is 0 Å². The standard InChI is InChI=1S/C12H10N2O3S/c1-6-3-8(7(2)17-6)9-4-14-5-10(11(15)16)18-12(14)13-9/h3-5H,1-2H3,(H,15,16). The number of aromatic carboxylic acids is 1. The van der Waals surface area contributed by atoms with E-state index in [9.17, 15) is 4.79 Å². The maximum absolute atomic E-state index is 10.8. The number of carboxylic acids is 1. The topological polar surface area (TPSA) is 67.7 Å². The monoisotopic (exact) mass is 262 g/mol. The third kappa shape index (κ3) is 1.62. The van der Waals surface area contributed by atoms with E-state index >= 15 is 0 Å². The predicted molar refractivity (Wildman–Crippen MR) is 67.2 cm³/mol. The molecule has 0 saturated carbocycles. The number of rotatable bonds is 2. The van der Waals surface area contributed by atoms with Gasteiger partial charge in [0.05, 0.1) is 5.69 Å². The second-order valence-electron chi connectivity index (χ2n) is 4.04. The molecule has 0 radical (unpaired) electrons. The molecule has 18 heavy (non-hydrogen) atoms. The normalized spacial score (nSPS) is 11.2. The Morgan fingerprint density at radius 2 is 2.22 bits per heavy atom. The van der Waals surface area contributed by atoms with Crippen LogP contribution in [-0.2, 0) is 0 Å². The van der Waals surface area contributed by atoms with Gasteiger partial charge in [-0.2, -0.15) is 0 Å². The van der Waals surface area contributed by atoms with E-state index in [1.54, 1.807) is 10.6 Å². The zero-order valence-corrected chi connectivity index (χ0v) is 10.6. The van der Waals surface area contributed by atoms with Crippen LogP contribution in [0, 0.1) is 13.8 Å². The molecular formula is C12H10N2O3S. The van der Waals surface area contributed by atoms with Crippen molar-refractivity contribution in [3.8, 4) is 11.3 Å². The summed E-state index contributed by atoms with van der Waals surface area (Å²) >= 11 is 1.16. The number of aryl methyl sites for hydroxylation is 2. The third-order valence-electron chi connectivity index (χ3n) is 2.68. The third-order valence-corrected chi connectivity index (χ3v) is 3.67. The van der Waals surface area contributed by atoms with Crippen LogP contribution in [0.3, 0.4) is 0 Å². The van der Waals surface area contributed by atoms with Gasteiger partial charge in [-0.25, -0.2) is 9.78 Å². The first-order valence-corrected chi connectivity index (χ1v) is 6.15. The number of carbonyl (C=O) groups is 1. The van der Waals surface area contributed by atoms with Crippen molar-refractivity contribution in [2.75, 3.05) is 0 Å². The Kier molecular flexibility index (Phi) is 2.27. The van der Waals surface area contributed by atoms with Crippen molar-refractivity contribution >= 4 is 22.3 Å². The fourth-order valence-corrected chi connectivity index (χ4v) is 2.71. The van der Waals surface area contributed by atoms with Crippen LogP contribution in [0.2, 0.25) is 0 Å². The summed E-state index contributed by atoms with van der Waals surface area (Å²) in [6.07, 6.45) is 3.39. The average molecular weight is 262 g/mol. The molecule has 0 atom stereocenters. The molecule has 92 valence electrons. The fraction of sp³-hybridized carbons (Fsp3) is 0.167. The van der Waals surface area contributed by atoms with E-state index in [-0.39, 0.29) is 4.88 Å². The molecule has 5 nitrogen and oxygen atoms in total. The number of fused-ring (bicyclic) bond motifs is 1. The van der Waals surface area contributed by atoms with Crippen molar-refractivity contribution in [2.45, 2.75) is 13.8 Å². The molecule has 0 aliphatic carbocycles. The molecule has 0 aliphatic rings. The molecule has 1 N–H and O–H groups in total. The lowest BCUT2D eigenvalue weighted by molar-refractivity contribution is 0.0702. The van der Waals surface area contributed by atoms with E-state index in [4.69, 9.17) is 9.52 Å². The highest BCUT2D eigenvalue weighted by Crippen LogP contribution is 2.28. The molecule has 3 aromatic rings. The molecule has 0 bridgehead atoms. The fourth-order valence-electron chi connectivity index (χ4n) is 1.91. The Morgan fingerprint density at radius 1 is 1.44 bits per heavy atom. The number of aromatic nitrogens is 2. The molecule has 6 heteroatoms. The van der Waals surface area contributed by atoms with Gasteiger partial charge < -0.3 is 9.52 Å². The van der Waals surface area contributed by atoms with Gasteiger partial charge in [-0.3, -0.25) is 4.40 Å². The van der Waals surface area contributed by atoms with Crippen LogP contribution in [-0.4, -0.2) is 20.5 Å². The van der Waals surface area contributed by atoms with Crippen LogP contribution in [0.1, 0.15) is 21.2 Å². The predicted octanol–water partition coefficient (Wildman–Crippen LogP) is 2.97. The van der Waals surface area contributed by atoms with Crippen molar-refractivity contribution in [2.24, 2.45) is 0 Å². The van der Waals surface area contributed by atoms with Crippen LogP contribution in [0.25, 0.3) is 16.2 Å². The summed E-state index contributed by atoms with van der Waals surface area (Å²) < 4.78 is 7.19. The lowest BCUT2D eigenvalue weighted by Gasteiger charge is -1.90. The number of imidazole rings is 1. The summed E-state index contributed by atoms with van der Waals surface area (Å²) in [4.78, 5) is 16.2. The number of furan rings is 1. The second-order valence-corrected chi connectivity index (χ2v) is 5.05. The first-order chi connectivity index (χ1) is 8.54. The Bertz CT molecular complexity index is 719. The quantitative estimate of drug-likeness (QED) is 0.771. The maximum atomic E-state index is 10.8. The molecule has 3 aromatic heterocycles. The van der Waals surface area contributed by atoms with Gasteiger partial charge in [0.25, 0.3) is 0 Å². The second kappa shape index (κ2) is 3.71. The molecule has 0 saturated heterocycles. The lowest BCUT2D eigenvalue weighted by Crippen LogP contribution is -1.90. The van der Waals surface area contributed by atoms with E-state index in [1.807, 2.05) is 26.1 Å². The summed E-state index contributed by atoms with van der Waals surface area (Å²) in [6, 6.07) is 1.93. The lowest BCUT2D eigenvalue weighted by atomic mass is 10.2. The van der Waals surface area contributed by atoms with Gasteiger partial charge in [-0.1, -0.05) is 11.3 Å². The molecule has 0 fully saturated rings. The highest BCUT2D eigenvalue weighted by atomic mass is 32.1. The van der Waals surface area contributed by atoms with Crippen LogP contribution in [0.15, 0.2) is 22.9 Å². The number of hydrogen-bond acceptors (Lipinski definition) is 4. The minimum absolute atomic E-state index is 0.282. The molecular weight excluding hydrogens is 252 g/mol. The van der Waals surface area contributed by atoms with E-state index in [0.29, 0.717) is 4.96 Å². The molecule has 3 rings (SSSR count). The highest BCUT2D eigenvalue weighted by Gasteiger charge is 2.14. The van der Waals surface area contributed by atoms with Gasteiger partial charge in [0, 0.05) is 18.0 Å². The van der Waals surface area contributed by atoms with Crippen LogP contribution in [0.5, 0.6) is 0 Å². The van der Waals surface area contributed by atoms with Gasteiger partial charge in [-0.05, 0) is 19.9 Å². The van der Waals surface area contributed by atoms with E-state index in [0.717, 1.165) is 34.1 Å². The Hall–Kier alpha value is -2.08. The minimum Gasteiger partial charge on any atom is -0.477 e. The van der Waals surface area contributed by atoms with Crippen LogP contribution in [0.4, 0.5) is 0 Å². The maximum Gasteiger partial charge on any atom is 0.347 e. The van der Waals surface area contributed by atoms with Crippen LogP contribution >= 0.6 is 11.3 Å². The highest BCUT2D eigenvalue weighted by molar-refractivity contribution is 7.18. The van der Waals surface area contributed by atoms with Gasteiger partial charge >= 0.3 is 5.97 Å². The summed E-state index contributed by atoms with van der Waals surface area (Å²) in [7, 11) is 0. The molecule has 0 spiro atoms. The van der Waals surface area contributed by atoms with Crippen molar-refractivity contribution in [3.05, 3.63) is 34.9 Å². The van der Waals surface area contributed by atoms with Gasteiger partial charge in [0.1, 0.15) is 16.4 Å². The Labute approximate surface area is 106 Å². The van der Waals surface area contributed by atoms with Gasteiger partial charge in [-0.15, -0.1) is 0 Å².